The molecule has 0 saturated carbocycles. The molecule has 4 rings (SSSR count). The summed E-state index contributed by atoms with van der Waals surface area (Å²) in [5, 5.41) is 21.7. The summed E-state index contributed by atoms with van der Waals surface area (Å²) in [6.45, 7) is 0. The van der Waals surface area contributed by atoms with E-state index in [1.54, 1.807) is 6.20 Å². The van der Waals surface area contributed by atoms with Crippen LogP contribution in [0.5, 0.6) is 0 Å². The Labute approximate surface area is 171 Å². The minimum absolute atomic E-state index is 0.166. The zero-order chi connectivity index (χ0) is 19.3. The number of amides is 1. The molecule has 0 bridgehead atoms. The van der Waals surface area contributed by atoms with Crippen LogP contribution in [0.4, 0.5) is 5.00 Å². The quantitative estimate of drug-likeness (QED) is 0.641. The minimum Gasteiger partial charge on any atom is -0.316 e. The summed E-state index contributed by atoms with van der Waals surface area (Å²) in [6.07, 6.45) is 5.82. The molecule has 2 heterocycles. The van der Waals surface area contributed by atoms with E-state index < -0.39 is 0 Å². The second-order valence-corrected chi connectivity index (χ2v) is 8.40. The Kier molecular flexibility index (Phi) is 5.65. The number of thiophene rings is 1. The van der Waals surface area contributed by atoms with Gasteiger partial charge in [-0.1, -0.05) is 42.1 Å². The summed E-state index contributed by atoms with van der Waals surface area (Å²) in [6, 6.07) is 12.0. The number of nitrogens with one attached hydrogen (secondary N) is 1. The molecular formula is C20H17N5OS2. The average molecular weight is 408 g/mol. The predicted octanol–water partition coefficient (Wildman–Crippen LogP) is 4.08. The number of hydrogen-bond donors (Lipinski definition) is 1. The number of benzene rings is 1. The lowest BCUT2D eigenvalue weighted by molar-refractivity contribution is -0.113. The van der Waals surface area contributed by atoms with Crippen molar-refractivity contribution >= 4 is 34.0 Å². The molecule has 3 aromatic rings. The molecule has 0 aliphatic heterocycles. The van der Waals surface area contributed by atoms with Crippen molar-refractivity contribution in [3.63, 3.8) is 0 Å². The number of carbonyl (C=O) groups is 1. The first-order valence-corrected chi connectivity index (χ1v) is 10.8. The Balaban J connectivity index is 1.37. The van der Waals surface area contributed by atoms with Crippen LogP contribution in [0.2, 0.25) is 0 Å². The highest BCUT2D eigenvalue weighted by Crippen LogP contribution is 2.37. The average Bonchev–Trinajstić information content (AvgIpc) is 3.10. The van der Waals surface area contributed by atoms with Gasteiger partial charge < -0.3 is 5.32 Å². The van der Waals surface area contributed by atoms with E-state index in [0.717, 1.165) is 36.8 Å². The van der Waals surface area contributed by atoms with Crippen LogP contribution in [0.3, 0.4) is 0 Å². The van der Waals surface area contributed by atoms with E-state index in [9.17, 15) is 10.1 Å². The highest BCUT2D eigenvalue weighted by atomic mass is 32.2. The number of rotatable bonds is 5. The third kappa shape index (κ3) is 4.06. The fourth-order valence-corrected chi connectivity index (χ4v) is 4.95. The summed E-state index contributed by atoms with van der Waals surface area (Å²) in [7, 11) is 0. The van der Waals surface area contributed by atoms with Crippen LogP contribution >= 0.6 is 23.1 Å². The molecule has 0 saturated heterocycles. The SMILES string of the molecule is N#Cc1c(NC(=O)CSc2ncc(-c3ccccc3)nn2)sc2c1CCCC2. The third-order valence-corrected chi connectivity index (χ3v) is 6.54. The summed E-state index contributed by atoms with van der Waals surface area (Å²) >= 11 is 2.75. The number of nitrogens with zero attached hydrogens (tertiary/aromatic N) is 4. The fourth-order valence-electron chi connectivity index (χ4n) is 3.14. The second-order valence-electron chi connectivity index (χ2n) is 6.36. The Morgan fingerprint density at radius 2 is 2.04 bits per heavy atom. The molecule has 6 nitrogen and oxygen atoms in total. The van der Waals surface area contributed by atoms with Crippen molar-refractivity contribution in [3.05, 3.63) is 52.5 Å². The van der Waals surface area contributed by atoms with Gasteiger partial charge >= 0.3 is 0 Å². The third-order valence-electron chi connectivity index (χ3n) is 4.48. The number of aromatic nitrogens is 3. The van der Waals surface area contributed by atoms with Crippen LogP contribution in [0.15, 0.2) is 41.7 Å². The van der Waals surface area contributed by atoms with Gasteiger partial charge in [0.15, 0.2) is 0 Å². The molecule has 140 valence electrons. The Morgan fingerprint density at radius 3 is 2.79 bits per heavy atom. The number of carbonyl (C=O) groups excluding carboxylic acids is 1. The van der Waals surface area contributed by atoms with Gasteiger partial charge in [0.05, 0.1) is 17.5 Å². The number of thioether (sulfide) groups is 1. The number of hydrogen-bond acceptors (Lipinski definition) is 7. The molecule has 8 heteroatoms. The molecule has 0 unspecified atom stereocenters. The predicted molar refractivity (Wildman–Crippen MR) is 110 cm³/mol. The molecule has 0 atom stereocenters. The maximum Gasteiger partial charge on any atom is 0.235 e. The van der Waals surface area contributed by atoms with Gasteiger partial charge in [-0.15, -0.1) is 21.5 Å². The molecule has 1 aromatic carbocycles. The lowest BCUT2D eigenvalue weighted by Crippen LogP contribution is -2.14. The summed E-state index contributed by atoms with van der Waals surface area (Å²) < 4.78 is 0. The zero-order valence-corrected chi connectivity index (χ0v) is 16.6. The molecule has 2 aromatic heterocycles. The van der Waals surface area contributed by atoms with Gasteiger partial charge in [-0.05, 0) is 31.2 Å². The Hall–Kier alpha value is -2.76. The van der Waals surface area contributed by atoms with Gasteiger partial charge in [-0.25, -0.2) is 4.98 Å². The molecule has 1 amide bonds. The van der Waals surface area contributed by atoms with Crippen LogP contribution in [0, 0.1) is 11.3 Å². The van der Waals surface area contributed by atoms with Crippen molar-refractivity contribution in [1.29, 1.82) is 5.26 Å². The summed E-state index contributed by atoms with van der Waals surface area (Å²) in [5.41, 5.74) is 3.38. The number of aryl methyl sites for hydroxylation is 1. The molecule has 0 fully saturated rings. The van der Waals surface area contributed by atoms with Crippen LogP contribution in [0.25, 0.3) is 11.3 Å². The van der Waals surface area contributed by atoms with E-state index >= 15 is 0 Å². The lowest BCUT2D eigenvalue weighted by Gasteiger charge is -2.09. The monoisotopic (exact) mass is 407 g/mol. The topological polar surface area (TPSA) is 91.6 Å². The van der Waals surface area contributed by atoms with Gasteiger partial charge in [0.2, 0.25) is 11.1 Å². The van der Waals surface area contributed by atoms with E-state index in [1.807, 2.05) is 30.3 Å². The molecule has 1 N–H and O–H groups in total. The normalized spacial score (nSPS) is 12.8. The van der Waals surface area contributed by atoms with Crippen molar-refractivity contribution in [2.75, 3.05) is 11.1 Å². The first kappa shape index (κ1) is 18.6. The van der Waals surface area contributed by atoms with Crippen molar-refractivity contribution in [3.8, 4) is 17.3 Å². The van der Waals surface area contributed by atoms with Gasteiger partial charge in [-0.2, -0.15) is 5.26 Å². The highest BCUT2D eigenvalue weighted by molar-refractivity contribution is 7.99. The molecule has 1 aliphatic carbocycles. The smallest absolute Gasteiger partial charge is 0.235 e. The largest absolute Gasteiger partial charge is 0.316 e. The number of anilines is 1. The molecular weight excluding hydrogens is 390 g/mol. The Bertz CT molecular complexity index is 1030. The van der Waals surface area contributed by atoms with Crippen molar-refractivity contribution in [2.45, 2.75) is 30.8 Å². The maximum absolute atomic E-state index is 12.3. The summed E-state index contributed by atoms with van der Waals surface area (Å²) in [5.74, 6) is -0.00406. The van der Waals surface area contributed by atoms with Crippen LogP contribution in [-0.4, -0.2) is 26.8 Å². The van der Waals surface area contributed by atoms with Crippen molar-refractivity contribution < 1.29 is 4.79 Å². The van der Waals surface area contributed by atoms with Gasteiger partial charge in [0.25, 0.3) is 0 Å². The first-order chi connectivity index (χ1) is 13.7. The van der Waals surface area contributed by atoms with E-state index in [1.165, 1.54) is 28.0 Å². The van der Waals surface area contributed by atoms with E-state index in [0.29, 0.717) is 21.4 Å². The van der Waals surface area contributed by atoms with Gasteiger partial charge in [-0.3, -0.25) is 4.79 Å². The van der Waals surface area contributed by atoms with Crippen LogP contribution < -0.4 is 5.32 Å². The Morgan fingerprint density at radius 1 is 1.21 bits per heavy atom. The molecule has 0 spiro atoms. The van der Waals surface area contributed by atoms with Gasteiger partial charge in [0, 0.05) is 10.4 Å². The fraction of sp³-hybridized carbons (Fsp3) is 0.250. The lowest BCUT2D eigenvalue weighted by atomic mass is 9.96. The van der Waals surface area contributed by atoms with E-state index in [4.69, 9.17) is 0 Å². The second kappa shape index (κ2) is 8.50. The van der Waals surface area contributed by atoms with Crippen LogP contribution in [-0.2, 0) is 17.6 Å². The highest BCUT2D eigenvalue weighted by Gasteiger charge is 2.21. The number of fused-ring (bicyclic) bond motifs is 1. The van der Waals surface area contributed by atoms with E-state index in [-0.39, 0.29) is 11.7 Å². The van der Waals surface area contributed by atoms with Crippen LogP contribution in [0.1, 0.15) is 28.8 Å². The molecule has 1 aliphatic rings. The maximum atomic E-state index is 12.3. The standard InChI is InChI=1S/C20H17N5OS2/c21-10-15-14-8-4-5-9-17(14)28-19(15)23-18(26)12-27-20-22-11-16(24-25-20)13-6-2-1-3-7-13/h1-3,6-7,11H,4-5,8-9,12H2,(H,23,26). The minimum atomic E-state index is -0.171. The summed E-state index contributed by atoms with van der Waals surface area (Å²) in [4.78, 5) is 17.9. The van der Waals surface area contributed by atoms with Gasteiger partial charge in [0.1, 0.15) is 16.8 Å². The molecule has 28 heavy (non-hydrogen) atoms. The molecule has 0 radical (unpaired) electrons. The van der Waals surface area contributed by atoms with Crippen molar-refractivity contribution in [2.24, 2.45) is 0 Å². The zero-order valence-electron chi connectivity index (χ0n) is 15.0. The van der Waals surface area contributed by atoms with Crippen molar-refractivity contribution in [1.82, 2.24) is 15.2 Å². The van der Waals surface area contributed by atoms with E-state index in [2.05, 4.69) is 26.6 Å². The first-order valence-electron chi connectivity index (χ1n) is 8.97. The number of nitriles is 1.